The summed E-state index contributed by atoms with van der Waals surface area (Å²) in [5.41, 5.74) is -1.07. The predicted octanol–water partition coefficient (Wildman–Crippen LogP) is 1.48. The molecule has 1 atom stereocenters. The summed E-state index contributed by atoms with van der Waals surface area (Å²) in [5.74, 6) is -0.0326. The number of H-pyrrole nitrogens is 1. The Morgan fingerprint density at radius 1 is 1.52 bits per heavy atom. The molecule has 3 N–H and O–H groups in total. The van der Waals surface area contributed by atoms with Gasteiger partial charge in [-0.3, -0.25) is 9.36 Å². The Morgan fingerprint density at radius 2 is 2.19 bits per heavy atom. The van der Waals surface area contributed by atoms with Gasteiger partial charge in [-0.05, 0) is 40.7 Å². The molecule has 0 amide bonds. The van der Waals surface area contributed by atoms with Crippen LogP contribution in [0.4, 0.5) is 0 Å². The lowest BCUT2D eigenvalue weighted by molar-refractivity contribution is -0.144. The van der Waals surface area contributed by atoms with E-state index in [-0.39, 0.29) is 11.7 Å². The van der Waals surface area contributed by atoms with Crippen molar-refractivity contribution < 1.29 is 9.90 Å². The molecule has 0 bridgehead atoms. The molecule has 21 heavy (non-hydrogen) atoms. The Balaban J connectivity index is 2.42. The molecular weight excluding hydrogens is 292 g/mol. The van der Waals surface area contributed by atoms with Crippen LogP contribution >= 0.6 is 11.8 Å². The molecule has 8 heteroatoms. The number of hydrogen-bond acceptors (Lipinski definition) is 5. The van der Waals surface area contributed by atoms with Crippen molar-refractivity contribution in [2.24, 2.45) is 0 Å². The van der Waals surface area contributed by atoms with Crippen molar-refractivity contribution in [2.75, 3.05) is 12.8 Å². The van der Waals surface area contributed by atoms with Crippen molar-refractivity contribution in [1.29, 1.82) is 0 Å². The number of carboxylic acids is 1. The molecule has 1 rings (SSSR count). The number of unbranched alkanes of at least 4 members (excludes halogenated alkanes) is 1. The molecule has 0 radical (unpaired) electrons. The first-order valence-electron chi connectivity index (χ1n) is 7.04. The summed E-state index contributed by atoms with van der Waals surface area (Å²) in [5, 5.41) is 19.1. The Hall–Kier alpha value is -1.28. The van der Waals surface area contributed by atoms with Gasteiger partial charge >= 0.3 is 11.7 Å². The van der Waals surface area contributed by atoms with Gasteiger partial charge in [-0.1, -0.05) is 18.2 Å². The fourth-order valence-corrected chi connectivity index (χ4v) is 3.00. The second-order valence-electron chi connectivity index (χ2n) is 5.47. The molecule has 1 unspecified atom stereocenters. The van der Waals surface area contributed by atoms with E-state index >= 15 is 0 Å². The lowest BCUT2D eigenvalue weighted by atomic mass is 9.95. The van der Waals surface area contributed by atoms with Gasteiger partial charge < -0.3 is 10.4 Å². The van der Waals surface area contributed by atoms with Crippen LogP contribution in [0.2, 0.25) is 0 Å². The molecule has 0 saturated heterocycles. The molecular formula is C13H24N4O3S. The first-order valence-corrected chi connectivity index (χ1v) is 8.02. The Bertz CT molecular complexity index is 526. The quantitative estimate of drug-likeness (QED) is 0.471. The maximum atomic E-state index is 11.6. The number of nitrogens with zero attached hydrogens (tertiary/aromatic N) is 2. The van der Waals surface area contributed by atoms with Gasteiger partial charge in [-0.25, -0.2) is 9.89 Å². The number of nitrogens with one attached hydrogen (secondary N) is 2. The fraction of sp³-hybridized carbons (Fsp3) is 0.769. The van der Waals surface area contributed by atoms with Crippen LogP contribution in [0, 0.1) is 0 Å². The van der Waals surface area contributed by atoms with E-state index in [1.165, 1.54) is 11.8 Å². The minimum atomic E-state index is -0.878. The molecule has 0 spiro atoms. The van der Waals surface area contributed by atoms with Crippen LogP contribution in [0.1, 0.15) is 46.1 Å². The van der Waals surface area contributed by atoms with Gasteiger partial charge in [0.05, 0.1) is 0 Å². The lowest BCUT2D eigenvalue weighted by Crippen LogP contribution is -2.47. The highest BCUT2D eigenvalue weighted by Gasteiger charge is 2.30. The average molecular weight is 316 g/mol. The fourth-order valence-electron chi connectivity index (χ4n) is 1.93. The third kappa shape index (κ3) is 4.60. The number of aromatic nitrogens is 3. The van der Waals surface area contributed by atoms with E-state index in [2.05, 4.69) is 15.5 Å². The van der Waals surface area contributed by atoms with E-state index in [1.807, 2.05) is 13.8 Å². The summed E-state index contributed by atoms with van der Waals surface area (Å²) in [4.78, 5) is 22.7. The van der Waals surface area contributed by atoms with Gasteiger partial charge in [0.25, 0.3) is 0 Å². The van der Waals surface area contributed by atoms with Crippen molar-refractivity contribution in [1.82, 2.24) is 20.1 Å². The zero-order valence-electron chi connectivity index (χ0n) is 13.0. The van der Waals surface area contributed by atoms with Crippen LogP contribution < -0.4 is 11.0 Å². The Kier molecular flexibility index (Phi) is 6.47. The maximum Gasteiger partial charge on any atom is 0.344 e. The van der Waals surface area contributed by atoms with E-state index in [4.69, 9.17) is 5.11 Å². The van der Waals surface area contributed by atoms with Gasteiger partial charge in [-0.2, -0.15) is 0 Å². The largest absolute Gasteiger partial charge is 0.480 e. The number of aromatic amines is 1. The molecule has 0 aliphatic carbocycles. The van der Waals surface area contributed by atoms with Crippen LogP contribution in [0.3, 0.4) is 0 Å². The van der Waals surface area contributed by atoms with Crippen molar-refractivity contribution in [3.05, 3.63) is 10.5 Å². The van der Waals surface area contributed by atoms with Crippen LogP contribution in [0.5, 0.6) is 0 Å². The Labute approximate surface area is 128 Å². The third-order valence-corrected chi connectivity index (χ3v) is 4.55. The van der Waals surface area contributed by atoms with E-state index in [0.29, 0.717) is 11.6 Å². The standard InChI is InChI=1S/C13H24N4O3S/c1-9(2)17-11(20)15-16-12(17)21-8-6-5-7-13(3,14-4)10(18)19/h9,14H,5-8H2,1-4H3,(H,15,20)(H,18,19). The summed E-state index contributed by atoms with van der Waals surface area (Å²) < 4.78 is 1.62. The number of hydrogen-bond donors (Lipinski definition) is 3. The molecule has 120 valence electrons. The molecule has 0 aromatic carbocycles. The average Bonchev–Trinajstić information content (AvgIpc) is 2.79. The number of rotatable bonds is 9. The van der Waals surface area contributed by atoms with E-state index < -0.39 is 11.5 Å². The van der Waals surface area contributed by atoms with Gasteiger partial charge in [0.1, 0.15) is 5.54 Å². The molecule has 1 heterocycles. The predicted molar refractivity (Wildman–Crippen MR) is 82.9 cm³/mol. The van der Waals surface area contributed by atoms with Gasteiger partial charge in [0.2, 0.25) is 0 Å². The topological polar surface area (TPSA) is 100 Å². The molecule has 1 aromatic heterocycles. The first-order chi connectivity index (χ1) is 9.81. The maximum absolute atomic E-state index is 11.6. The number of likely N-dealkylation sites (N-methyl/N-ethyl adjacent to an activating group) is 1. The molecule has 0 fully saturated rings. The lowest BCUT2D eigenvalue weighted by Gasteiger charge is -2.23. The summed E-state index contributed by atoms with van der Waals surface area (Å²) in [6, 6.07) is 0.0679. The third-order valence-electron chi connectivity index (χ3n) is 3.51. The second-order valence-corrected chi connectivity index (χ2v) is 6.53. The van der Waals surface area contributed by atoms with Crippen molar-refractivity contribution in [3.8, 4) is 0 Å². The molecule has 0 aliphatic heterocycles. The zero-order valence-corrected chi connectivity index (χ0v) is 13.8. The van der Waals surface area contributed by atoms with Gasteiger partial charge in [0.15, 0.2) is 5.16 Å². The van der Waals surface area contributed by atoms with E-state index in [9.17, 15) is 9.59 Å². The smallest absolute Gasteiger partial charge is 0.344 e. The van der Waals surface area contributed by atoms with Crippen molar-refractivity contribution in [2.45, 2.75) is 56.8 Å². The normalized spacial score (nSPS) is 14.3. The van der Waals surface area contributed by atoms with Crippen LogP contribution in [0.15, 0.2) is 9.95 Å². The highest BCUT2D eigenvalue weighted by atomic mass is 32.2. The number of carbonyl (C=O) groups is 1. The van der Waals surface area contributed by atoms with E-state index in [1.54, 1.807) is 18.5 Å². The van der Waals surface area contributed by atoms with Crippen LogP contribution in [0.25, 0.3) is 0 Å². The first kappa shape index (κ1) is 17.8. The van der Waals surface area contributed by atoms with Gasteiger partial charge in [-0.15, -0.1) is 5.10 Å². The summed E-state index contributed by atoms with van der Waals surface area (Å²) in [6.45, 7) is 5.56. The second kappa shape index (κ2) is 7.65. The highest BCUT2D eigenvalue weighted by Crippen LogP contribution is 2.20. The minimum Gasteiger partial charge on any atom is -0.480 e. The highest BCUT2D eigenvalue weighted by molar-refractivity contribution is 7.99. The van der Waals surface area contributed by atoms with Gasteiger partial charge in [0, 0.05) is 11.8 Å². The zero-order chi connectivity index (χ0) is 16.0. The Morgan fingerprint density at radius 3 is 2.71 bits per heavy atom. The van der Waals surface area contributed by atoms with E-state index in [0.717, 1.165) is 18.6 Å². The van der Waals surface area contributed by atoms with Crippen molar-refractivity contribution >= 4 is 17.7 Å². The number of aliphatic carboxylic acids is 1. The minimum absolute atomic E-state index is 0.0679. The molecule has 0 saturated carbocycles. The molecule has 0 aliphatic rings. The summed E-state index contributed by atoms with van der Waals surface area (Å²) in [6.07, 6.45) is 2.23. The van der Waals surface area contributed by atoms with Crippen LogP contribution in [-0.2, 0) is 4.79 Å². The number of thioether (sulfide) groups is 1. The summed E-state index contributed by atoms with van der Waals surface area (Å²) in [7, 11) is 1.66. The summed E-state index contributed by atoms with van der Waals surface area (Å²) >= 11 is 1.52. The molecule has 7 nitrogen and oxygen atoms in total. The van der Waals surface area contributed by atoms with Crippen LogP contribution in [-0.4, -0.2) is 44.2 Å². The number of carboxylic acid groups (broad SMARTS) is 1. The molecule has 1 aromatic rings. The van der Waals surface area contributed by atoms with Crippen molar-refractivity contribution in [3.63, 3.8) is 0 Å². The monoisotopic (exact) mass is 316 g/mol. The SMILES string of the molecule is CNC(C)(CCCCSc1n[nH]c(=O)n1C(C)C)C(=O)O.